The number of nitrogens with one attached hydrogen (secondary N) is 1. The number of benzene rings is 2. The zero-order valence-corrected chi connectivity index (χ0v) is 16.5. The maximum atomic E-state index is 12.4. The van der Waals surface area contributed by atoms with Gasteiger partial charge < -0.3 is 19.5 Å². The molecule has 0 aliphatic rings. The summed E-state index contributed by atoms with van der Waals surface area (Å²) >= 11 is 0. The van der Waals surface area contributed by atoms with Crippen LogP contribution in [0.25, 0.3) is 6.08 Å². The van der Waals surface area contributed by atoms with E-state index in [1.165, 1.54) is 11.6 Å². The van der Waals surface area contributed by atoms with Crippen LogP contribution in [0.3, 0.4) is 0 Å². The topological polar surface area (TPSA) is 56.8 Å². The fourth-order valence-corrected chi connectivity index (χ4v) is 2.86. The van der Waals surface area contributed by atoms with Crippen LogP contribution in [0.15, 0.2) is 42.5 Å². The molecule has 1 N–H and O–H groups in total. The quantitative estimate of drug-likeness (QED) is 0.705. The molecule has 0 radical (unpaired) electrons. The van der Waals surface area contributed by atoms with Gasteiger partial charge >= 0.3 is 0 Å². The zero-order valence-electron chi connectivity index (χ0n) is 16.5. The summed E-state index contributed by atoms with van der Waals surface area (Å²) in [4.78, 5) is 12.4. The Kier molecular flexibility index (Phi) is 7.29. The van der Waals surface area contributed by atoms with Crippen LogP contribution in [0.4, 0.5) is 0 Å². The molecule has 0 heterocycles. The maximum absolute atomic E-state index is 12.4. The van der Waals surface area contributed by atoms with Crippen molar-refractivity contribution in [1.82, 2.24) is 5.32 Å². The molecule has 2 aromatic carbocycles. The van der Waals surface area contributed by atoms with E-state index in [1.54, 1.807) is 33.5 Å². The predicted molar refractivity (Wildman–Crippen MR) is 107 cm³/mol. The lowest BCUT2D eigenvalue weighted by molar-refractivity contribution is -0.117. The minimum atomic E-state index is -0.167. The van der Waals surface area contributed by atoms with E-state index in [1.807, 2.05) is 32.0 Å². The highest BCUT2D eigenvalue weighted by molar-refractivity contribution is 5.92. The standard InChI is InChI=1S/C22H27NO4/c1-6-18(16-9-7-15(2)8-10-16)23-20(24)14-12-17-11-13-19(25-3)22(27-5)21(17)26-4/h7-14,18H,6H2,1-5H3,(H,23,24)/b14-12+/t18-/m1/s1. The average Bonchev–Trinajstić information content (AvgIpc) is 2.70. The molecule has 1 amide bonds. The fraction of sp³-hybridized carbons (Fsp3) is 0.318. The van der Waals surface area contributed by atoms with Gasteiger partial charge in [0.25, 0.3) is 0 Å². The number of hydrogen-bond acceptors (Lipinski definition) is 4. The van der Waals surface area contributed by atoms with Crippen LogP contribution >= 0.6 is 0 Å². The summed E-state index contributed by atoms with van der Waals surface area (Å²) < 4.78 is 16.1. The minimum Gasteiger partial charge on any atom is -0.493 e. The highest BCUT2D eigenvalue weighted by Gasteiger charge is 2.15. The Labute approximate surface area is 161 Å². The van der Waals surface area contributed by atoms with Gasteiger partial charge in [-0.25, -0.2) is 0 Å². The van der Waals surface area contributed by atoms with Gasteiger partial charge in [0.15, 0.2) is 11.5 Å². The third-order valence-electron chi connectivity index (χ3n) is 4.35. The van der Waals surface area contributed by atoms with Gasteiger partial charge in [-0.3, -0.25) is 4.79 Å². The van der Waals surface area contributed by atoms with Crippen molar-refractivity contribution in [1.29, 1.82) is 0 Å². The number of carbonyl (C=O) groups is 1. The second-order valence-electron chi connectivity index (χ2n) is 6.14. The van der Waals surface area contributed by atoms with E-state index in [0.29, 0.717) is 17.2 Å². The first-order valence-electron chi connectivity index (χ1n) is 8.88. The van der Waals surface area contributed by atoms with Gasteiger partial charge in [-0.1, -0.05) is 36.8 Å². The van der Waals surface area contributed by atoms with Gasteiger partial charge in [-0.05, 0) is 37.1 Å². The third-order valence-corrected chi connectivity index (χ3v) is 4.35. The number of methoxy groups -OCH3 is 3. The molecule has 0 spiro atoms. The summed E-state index contributed by atoms with van der Waals surface area (Å²) in [5.41, 5.74) is 3.02. The Morgan fingerprint density at radius 2 is 1.67 bits per heavy atom. The van der Waals surface area contributed by atoms with Crippen LogP contribution in [-0.2, 0) is 4.79 Å². The molecule has 0 aromatic heterocycles. The summed E-state index contributed by atoms with van der Waals surface area (Å²) in [6.07, 6.45) is 4.01. The Hall–Kier alpha value is -2.95. The molecule has 27 heavy (non-hydrogen) atoms. The first-order valence-corrected chi connectivity index (χ1v) is 8.88. The molecule has 0 saturated heterocycles. The Balaban J connectivity index is 2.17. The molecular formula is C22H27NO4. The van der Waals surface area contributed by atoms with Gasteiger partial charge in [0.2, 0.25) is 11.7 Å². The van der Waals surface area contributed by atoms with E-state index in [4.69, 9.17) is 14.2 Å². The lowest BCUT2D eigenvalue weighted by atomic mass is 10.0. The average molecular weight is 369 g/mol. The molecule has 0 aliphatic heterocycles. The molecule has 0 aliphatic carbocycles. The van der Waals surface area contributed by atoms with Crippen molar-refractivity contribution in [2.75, 3.05) is 21.3 Å². The second kappa shape index (κ2) is 9.67. The summed E-state index contributed by atoms with van der Waals surface area (Å²) in [6.45, 7) is 4.09. The van der Waals surface area contributed by atoms with Gasteiger partial charge in [0, 0.05) is 11.6 Å². The van der Waals surface area contributed by atoms with E-state index < -0.39 is 0 Å². The van der Waals surface area contributed by atoms with E-state index in [-0.39, 0.29) is 11.9 Å². The van der Waals surface area contributed by atoms with Crippen LogP contribution in [0.2, 0.25) is 0 Å². The fourth-order valence-electron chi connectivity index (χ4n) is 2.86. The van der Waals surface area contributed by atoms with E-state index >= 15 is 0 Å². The molecule has 144 valence electrons. The monoisotopic (exact) mass is 369 g/mol. The third kappa shape index (κ3) is 5.03. The SMILES string of the molecule is CC[C@@H](NC(=O)/C=C/c1ccc(OC)c(OC)c1OC)c1ccc(C)cc1. The lowest BCUT2D eigenvalue weighted by Crippen LogP contribution is -2.26. The van der Waals surface area contributed by atoms with Crippen molar-refractivity contribution >= 4 is 12.0 Å². The predicted octanol–water partition coefficient (Wildman–Crippen LogP) is 4.30. The molecular weight excluding hydrogens is 342 g/mol. The summed E-state index contributed by atoms with van der Waals surface area (Å²) in [5, 5.41) is 3.04. The van der Waals surface area contributed by atoms with E-state index in [0.717, 1.165) is 17.5 Å². The van der Waals surface area contributed by atoms with Crippen LogP contribution in [0.1, 0.15) is 36.1 Å². The molecule has 0 unspecified atom stereocenters. The molecule has 2 aromatic rings. The number of rotatable bonds is 8. The van der Waals surface area contributed by atoms with Crippen molar-refractivity contribution in [3.63, 3.8) is 0 Å². The van der Waals surface area contributed by atoms with Crippen molar-refractivity contribution in [2.45, 2.75) is 26.3 Å². The number of amides is 1. The second-order valence-corrected chi connectivity index (χ2v) is 6.14. The normalized spacial score (nSPS) is 11.9. The van der Waals surface area contributed by atoms with Crippen molar-refractivity contribution in [3.05, 3.63) is 59.2 Å². The van der Waals surface area contributed by atoms with Crippen LogP contribution in [-0.4, -0.2) is 27.2 Å². The molecule has 5 nitrogen and oxygen atoms in total. The van der Waals surface area contributed by atoms with Crippen molar-refractivity contribution in [2.24, 2.45) is 0 Å². The number of hydrogen-bond donors (Lipinski definition) is 1. The van der Waals surface area contributed by atoms with Crippen molar-refractivity contribution in [3.8, 4) is 17.2 Å². The first-order chi connectivity index (χ1) is 13.0. The number of aryl methyl sites for hydroxylation is 1. The highest BCUT2D eigenvalue weighted by Crippen LogP contribution is 2.40. The van der Waals surface area contributed by atoms with Crippen molar-refractivity contribution < 1.29 is 19.0 Å². The Morgan fingerprint density at radius 1 is 1.00 bits per heavy atom. The minimum absolute atomic E-state index is 0.0324. The van der Waals surface area contributed by atoms with Crippen LogP contribution < -0.4 is 19.5 Å². The van der Waals surface area contributed by atoms with Crippen LogP contribution in [0.5, 0.6) is 17.2 Å². The molecule has 2 rings (SSSR count). The molecule has 5 heteroatoms. The number of carbonyl (C=O) groups excluding carboxylic acids is 1. The van der Waals surface area contributed by atoms with E-state index in [2.05, 4.69) is 17.4 Å². The molecule has 0 bridgehead atoms. The smallest absolute Gasteiger partial charge is 0.244 e. The highest BCUT2D eigenvalue weighted by atomic mass is 16.5. The number of ether oxygens (including phenoxy) is 3. The summed E-state index contributed by atoms with van der Waals surface area (Å²) in [5.74, 6) is 1.42. The van der Waals surface area contributed by atoms with Gasteiger partial charge in [0.05, 0.1) is 27.4 Å². The summed E-state index contributed by atoms with van der Waals surface area (Å²) in [7, 11) is 4.67. The Bertz CT molecular complexity index is 797. The first kappa shape index (κ1) is 20.4. The zero-order chi connectivity index (χ0) is 19.8. The molecule has 1 atom stereocenters. The lowest BCUT2D eigenvalue weighted by Gasteiger charge is -2.17. The van der Waals surface area contributed by atoms with Gasteiger partial charge in [0.1, 0.15) is 0 Å². The Morgan fingerprint density at radius 3 is 2.22 bits per heavy atom. The maximum Gasteiger partial charge on any atom is 0.244 e. The van der Waals surface area contributed by atoms with E-state index in [9.17, 15) is 4.79 Å². The molecule has 0 saturated carbocycles. The summed E-state index contributed by atoms with van der Waals surface area (Å²) in [6, 6.07) is 11.8. The van der Waals surface area contributed by atoms with Gasteiger partial charge in [-0.2, -0.15) is 0 Å². The largest absolute Gasteiger partial charge is 0.493 e. The van der Waals surface area contributed by atoms with Crippen LogP contribution in [0, 0.1) is 6.92 Å². The molecule has 0 fully saturated rings. The van der Waals surface area contributed by atoms with Gasteiger partial charge in [-0.15, -0.1) is 0 Å².